The maximum Gasteiger partial charge on any atom is 0.287 e. The summed E-state index contributed by atoms with van der Waals surface area (Å²) in [6.45, 7) is 1.45. The highest BCUT2D eigenvalue weighted by atomic mass is 19.1. The third-order valence-corrected chi connectivity index (χ3v) is 5.21. The van der Waals surface area contributed by atoms with Gasteiger partial charge in [-0.25, -0.2) is 23.4 Å². The Labute approximate surface area is 179 Å². The van der Waals surface area contributed by atoms with Gasteiger partial charge >= 0.3 is 0 Å². The Kier molecular flexibility index (Phi) is 5.45. The quantitative estimate of drug-likeness (QED) is 0.345. The lowest BCUT2D eigenvalue weighted by Crippen LogP contribution is -2.40. The van der Waals surface area contributed by atoms with E-state index in [0.29, 0.717) is 17.3 Å². The third kappa shape index (κ3) is 3.95. The summed E-state index contributed by atoms with van der Waals surface area (Å²) in [5.74, 6) is -1.68. The van der Waals surface area contributed by atoms with Crippen molar-refractivity contribution in [2.24, 2.45) is 0 Å². The molecular weight excluding hydrogens is 424 g/mol. The monoisotopic (exact) mass is 441 g/mol. The van der Waals surface area contributed by atoms with Crippen LogP contribution in [0.15, 0.2) is 61.6 Å². The van der Waals surface area contributed by atoms with Crippen LogP contribution < -0.4 is 0 Å². The van der Waals surface area contributed by atoms with Crippen LogP contribution in [-0.2, 0) is 12.1 Å². The van der Waals surface area contributed by atoms with Gasteiger partial charge in [0, 0.05) is 29.5 Å². The highest BCUT2D eigenvalue weighted by Crippen LogP contribution is 2.37. The third-order valence-electron chi connectivity index (χ3n) is 5.21. The average Bonchev–Trinajstić information content (AvgIpc) is 3.45. The second kappa shape index (κ2) is 8.23. The van der Waals surface area contributed by atoms with Crippen molar-refractivity contribution in [1.29, 1.82) is 0 Å². The second-order valence-corrected chi connectivity index (χ2v) is 7.19. The van der Waals surface area contributed by atoms with Gasteiger partial charge in [-0.3, -0.25) is 14.8 Å². The molecule has 0 unspecified atom stereocenters. The molecule has 0 saturated carbocycles. The van der Waals surface area contributed by atoms with Crippen molar-refractivity contribution in [2.45, 2.75) is 25.1 Å². The fourth-order valence-corrected chi connectivity index (χ4v) is 3.41. The summed E-state index contributed by atoms with van der Waals surface area (Å²) < 4.78 is 30.9. The fourth-order valence-electron chi connectivity index (χ4n) is 3.41. The van der Waals surface area contributed by atoms with Crippen molar-refractivity contribution < 1.29 is 18.8 Å². The fraction of sp³-hybridized carbons (Fsp3) is 0.200. The molecule has 0 aliphatic rings. The number of aromatic nitrogens is 6. The summed E-state index contributed by atoms with van der Waals surface area (Å²) in [5, 5.41) is 30.7. The first-order valence-electron chi connectivity index (χ1n) is 9.43. The number of benzene rings is 1. The summed E-state index contributed by atoms with van der Waals surface area (Å²) in [6, 6.07) is 4.90. The molecule has 0 radical (unpaired) electrons. The molecule has 3 aromatic heterocycles. The highest BCUT2D eigenvalue weighted by molar-refractivity contribution is 5.57. The first-order valence-corrected chi connectivity index (χ1v) is 9.43. The molecule has 0 bridgehead atoms. The molecule has 10 nitrogen and oxygen atoms in total. The van der Waals surface area contributed by atoms with Crippen molar-refractivity contribution in [3.63, 3.8) is 0 Å². The zero-order valence-corrected chi connectivity index (χ0v) is 16.7. The number of aliphatic hydroxyl groups is 1. The minimum atomic E-state index is -1.88. The molecule has 1 N–H and O–H groups in total. The van der Waals surface area contributed by atoms with Crippen LogP contribution in [0.3, 0.4) is 0 Å². The van der Waals surface area contributed by atoms with E-state index in [4.69, 9.17) is 0 Å². The van der Waals surface area contributed by atoms with Gasteiger partial charge in [-0.05, 0) is 19.1 Å². The number of nitrogens with zero attached hydrogens (tertiary/aromatic N) is 7. The van der Waals surface area contributed by atoms with E-state index in [1.165, 1.54) is 46.4 Å². The van der Waals surface area contributed by atoms with E-state index in [9.17, 15) is 24.0 Å². The molecular formula is C20H17F2N7O3. The summed E-state index contributed by atoms with van der Waals surface area (Å²) in [5.41, 5.74) is -1.19. The number of hydrogen-bond acceptors (Lipinski definition) is 7. The lowest BCUT2D eigenvalue weighted by molar-refractivity contribution is -0.385. The lowest BCUT2D eigenvalue weighted by Gasteiger charge is -2.34. The molecule has 164 valence electrons. The minimum absolute atomic E-state index is 0.132. The van der Waals surface area contributed by atoms with E-state index in [1.54, 1.807) is 13.1 Å². The predicted octanol–water partition coefficient (Wildman–Crippen LogP) is 2.87. The van der Waals surface area contributed by atoms with E-state index in [0.717, 1.165) is 12.3 Å². The van der Waals surface area contributed by atoms with Gasteiger partial charge < -0.3 is 5.11 Å². The molecule has 1 aromatic carbocycles. The van der Waals surface area contributed by atoms with Gasteiger partial charge in [0.1, 0.15) is 36.1 Å². The SMILES string of the molecule is C[C@@H](n1cc(-c2ccc([N+](=O)[O-])cn2)cn1)[C@](O)(Cn1cncn1)c1ccc(F)cc1F. The summed E-state index contributed by atoms with van der Waals surface area (Å²) in [7, 11) is 0. The Morgan fingerprint density at radius 2 is 2.03 bits per heavy atom. The summed E-state index contributed by atoms with van der Waals surface area (Å²) in [6.07, 6.45) is 6.83. The molecule has 0 aliphatic heterocycles. The Balaban J connectivity index is 1.71. The van der Waals surface area contributed by atoms with Gasteiger partial charge in [0.2, 0.25) is 0 Å². The molecule has 3 heterocycles. The number of halogens is 2. The van der Waals surface area contributed by atoms with Crippen LogP contribution in [0.4, 0.5) is 14.5 Å². The van der Waals surface area contributed by atoms with Crippen LogP contribution in [0.2, 0.25) is 0 Å². The van der Waals surface area contributed by atoms with Gasteiger partial charge in [0.15, 0.2) is 0 Å². The van der Waals surface area contributed by atoms with Crippen LogP contribution in [0.5, 0.6) is 0 Å². The predicted molar refractivity (Wildman–Crippen MR) is 107 cm³/mol. The van der Waals surface area contributed by atoms with E-state index in [-0.39, 0.29) is 17.8 Å². The maximum atomic E-state index is 14.7. The normalized spacial score (nSPS) is 14.1. The van der Waals surface area contributed by atoms with Crippen molar-refractivity contribution in [3.8, 4) is 11.3 Å². The molecule has 12 heteroatoms. The first kappa shape index (κ1) is 21.2. The highest BCUT2D eigenvalue weighted by Gasteiger charge is 2.40. The Morgan fingerprint density at radius 1 is 1.22 bits per heavy atom. The summed E-state index contributed by atoms with van der Waals surface area (Å²) in [4.78, 5) is 18.2. The minimum Gasteiger partial charge on any atom is -0.381 e. The standard InChI is InChI=1S/C20H17F2N7O3/c1-13(28-9-14(7-25-28)19-5-3-16(8-24-19)29(31)32)20(30,10-27-12-23-11-26-27)17-4-2-15(21)6-18(17)22/h2-9,11-13,30H,10H2,1H3/t13-,20-/m1/s1. The van der Waals surface area contributed by atoms with Gasteiger partial charge in [0.05, 0.1) is 29.4 Å². The molecule has 2 atom stereocenters. The van der Waals surface area contributed by atoms with Gasteiger partial charge in [-0.1, -0.05) is 6.07 Å². The molecule has 0 aliphatic carbocycles. The second-order valence-electron chi connectivity index (χ2n) is 7.19. The van der Waals surface area contributed by atoms with Crippen LogP contribution in [0.25, 0.3) is 11.3 Å². The maximum absolute atomic E-state index is 14.7. The van der Waals surface area contributed by atoms with Crippen molar-refractivity contribution in [3.05, 3.63) is 88.9 Å². The largest absolute Gasteiger partial charge is 0.381 e. The van der Waals surface area contributed by atoms with Crippen molar-refractivity contribution in [1.82, 2.24) is 29.5 Å². The number of hydrogen-bond donors (Lipinski definition) is 1. The Hall–Kier alpha value is -4.06. The average molecular weight is 441 g/mol. The van der Waals surface area contributed by atoms with E-state index in [1.807, 2.05) is 0 Å². The van der Waals surface area contributed by atoms with E-state index in [2.05, 4.69) is 20.2 Å². The molecule has 0 saturated heterocycles. The van der Waals surface area contributed by atoms with Crippen molar-refractivity contribution in [2.75, 3.05) is 0 Å². The molecule has 0 fully saturated rings. The zero-order valence-electron chi connectivity index (χ0n) is 16.7. The molecule has 32 heavy (non-hydrogen) atoms. The summed E-state index contributed by atoms with van der Waals surface area (Å²) >= 11 is 0. The van der Waals surface area contributed by atoms with Crippen LogP contribution in [-0.4, -0.2) is 39.6 Å². The smallest absolute Gasteiger partial charge is 0.287 e. The number of rotatable bonds is 7. The number of nitro groups is 1. The Morgan fingerprint density at radius 3 is 2.66 bits per heavy atom. The van der Waals surface area contributed by atoms with Gasteiger partial charge in [0.25, 0.3) is 5.69 Å². The molecule has 4 aromatic rings. The first-order chi connectivity index (χ1) is 15.3. The van der Waals surface area contributed by atoms with Gasteiger partial charge in [-0.15, -0.1) is 0 Å². The van der Waals surface area contributed by atoms with Crippen LogP contribution in [0.1, 0.15) is 18.5 Å². The van der Waals surface area contributed by atoms with E-state index >= 15 is 0 Å². The molecule has 0 amide bonds. The van der Waals surface area contributed by atoms with Crippen LogP contribution in [0, 0.1) is 21.7 Å². The zero-order chi connectivity index (χ0) is 22.9. The van der Waals surface area contributed by atoms with Crippen LogP contribution >= 0.6 is 0 Å². The van der Waals surface area contributed by atoms with Gasteiger partial charge in [-0.2, -0.15) is 10.2 Å². The number of pyridine rings is 1. The Bertz CT molecular complexity index is 1240. The molecule has 0 spiro atoms. The topological polar surface area (TPSA) is 125 Å². The lowest BCUT2D eigenvalue weighted by atomic mass is 9.86. The van der Waals surface area contributed by atoms with Crippen molar-refractivity contribution >= 4 is 5.69 Å². The van der Waals surface area contributed by atoms with E-state index < -0.39 is 28.2 Å². The molecule has 4 rings (SSSR count).